The molecule has 2 aromatic carbocycles. The van der Waals surface area contributed by atoms with Crippen LogP contribution < -0.4 is 19.5 Å². The van der Waals surface area contributed by atoms with Crippen LogP contribution in [0.15, 0.2) is 42.5 Å². The number of rotatable bonds is 7. The standard InChI is InChI=1S/C22H24N2O4/c1-14-18(13-16-12-17(26-2)6-7-19(16)24-14)22(25)23-10-9-15-5-8-20(27-3)21(11-15)28-4/h5-8,11-13H,9-10H2,1-4H3,(H,23,25). The van der Waals surface area contributed by atoms with E-state index in [0.717, 1.165) is 22.2 Å². The predicted molar refractivity (Wildman–Crippen MR) is 109 cm³/mol. The maximum Gasteiger partial charge on any atom is 0.253 e. The topological polar surface area (TPSA) is 69.7 Å². The second-order valence-corrected chi connectivity index (χ2v) is 6.38. The number of nitrogens with zero attached hydrogens (tertiary/aromatic N) is 1. The fraction of sp³-hybridized carbons (Fsp3) is 0.273. The van der Waals surface area contributed by atoms with E-state index >= 15 is 0 Å². The van der Waals surface area contributed by atoms with Gasteiger partial charge < -0.3 is 19.5 Å². The van der Waals surface area contributed by atoms with Gasteiger partial charge in [-0.2, -0.15) is 0 Å². The first-order chi connectivity index (χ1) is 13.5. The molecule has 28 heavy (non-hydrogen) atoms. The smallest absolute Gasteiger partial charge is 0.253 e. The summed E-state index contributed by atoms with van der Waals surface area (Å²) >= 11 is 0. The number of amides is 1. The van der Waals surface area contributed by atoms with Crippen molar-refractivity contribution in [3.63, 3.8) is 0 Å². The van der Waals surface area contributed by atoms with Crippen molar-refractivity contribution in [3.8, 4) is 17.2 Å². The Kier molecular flexibility index (Phi) is 5.99. The number of methoxy groups -OCH3 is 3. The number of nitrogens with one attached hydrogen (secondary N) is 1. The molecule has 0 aliphatic carbocycles. The maximum absolute atomic E-state index is 12.7. The first kappa shape index (κ1) is 19.5. The average Bonchev–Trinajstić information content (AvgIpc) is 2.72. The molecule has 6 heteroatoms. The first-order valence-corrected chi connectivity index (χ1v) is 9.00. The van der Waals surface area contributed by atoms with Gasteiger partial charge in [-0.3, -0.25) is 9.78 Å². The Bertz CT molecular complexity index is 1000. The van der Waals surface area contributed by atoms with Crippen LogP contribution in [0.5, 0.6) is 17.2 Å². The van der Waals surface area contributed by atoms with E-state index in [1.807, 2.05) is 49.4 Å². The van der Waals surface area contributed by atoms with Crippen molar-refractivity contribution in [1.29, 1.82) is 0 Å². The second-order valence-electron chi connectivity index (χ2n) is 6.38. The molecule has 0 saturated heterocycles. The summed E-state index contributed by atoms with van der Waals surface area (Å²) in [5, 5.41) is 3.84. The average molecular weight is 380 g/mol. The summed E-state index contributed by atoms with van der Waals surface area (Å²) in [4.78, 5) is 17.2. The van der Waals surface area contributed by atoms with Crippen LogP contribution in [-0.4, -0.2) is 38.8 Å². The predicted octanol–water partition coefficient (Wildman–Crippen LogP) is 3.54. The van der Waals surface area contributed by atoms with Crippen molar-refractivity contribution in [3.05, 3.63) is 59.3 Å². The number of pyridine rings is 1. The third-order valence-corrected chi connectivity index (χ3v) is 4.60. The molecular formula is C22H24N2O4. The Balaban J connectivity index is 1.70. The molecule has 0 atom stereocenters. The molecule has 0 unspecified atom stereocenters. The minimum absolute atomic E-state index is 0.143. The highest BCUT2D eigenvalue weighted by Gasteiger charge is 2.12. The third-order valence-electron chi connectivity index (χ3n) is 4.60. The molecule has 6 nitrogen and oxygen atoms in total. The zero-order chi connectivity index (χ0) is 20.1. The van der Waals surface area contributed by atoms with Gasteiger partial charge in [-0.1, -0.05) is 6.07 Å². The Hall–Kier alpha value is -3.28. The maximum atomic E-state index is 12.7. The number of aryl methyl sites for hydroxylation is 1. The molecule has 3 rings (SSSR count). The SMILES string of the molecule is COc1ccc2nc(C)c(C(=O)NCCc3ccc(OC)c(OC)c3)cc2c1. The molecular weight excluding hydrogens is 356 g/mol. The summed E-state index contributed by atoms with van der Waals surface area (Å²) in [6.45, 7) is 2.34. The van der Waals surface area contributed by atoms with Crippen LogP contribution in [0.1, 0.15) is 21.6 Å². The van der Waals surface area contributed by atoms with Crippen LogP contribution in [0.4, 0.5) is 0 Å². The summed E-state index contributed by atoms with van der Waals surface area (Å²) in [5.74, 6) is 1.95. The fourth-order valence-electron chi connectivity index (χ4n) is 3.06. The number of aromatic nitrogens is 1. The largest absolute Gasteiger partial charge is 0.497 e. The zero-order valence-corrected chi connectivity index (χ0v) is 16.5. The molecule has 0 spiro atoms. The summed E-state index contributed by atoms with van der Waals surface area (Å²) in [6.07, 6.45) is 0.681. The number of benzene rings is 2. The third kappa shape index (κ3) is 4.17. The van der Waals surface area contributed by atoms with Gasteiger partial charge in [-0.25, -0.2) is 0 Å². The molecule has 0 fully saturated rings. The van der Waals surface area contributed by atoms with Gasteiger partial charge >= 0.3 is 0 Å². The van der Waals surface area contributed by atoms with E-state index < -0.39 is 0 Å². The molecule has 0 bridgehead atoms. The van der Waals surface area contributed by atoms with Gasteiger partial charge in [0, 0.05) is 11.9 Å². The summed E-state index contributed by atoms with van der Waals surface area (Å²) < 4.78 is 15.8. The van der Waals surface area contributed by atoms with Crippen molar-refractivity contribution in [2.24, 2.45) is 0 Å². The van der Waals surface area contributed by atoms with Crippen molar-refractivity contribution in [2.45, 2.75) is 13.3 Å². The van der Waals surface area contributed by atoms with E-state index in [1.165, 1.54) is 0 Å². The lowest BCUT2D eigenvalue weighted by Gasteiger charge is -2.11. The number of hydrogen-bond acceptors (Lipinski definition) is 5. The van der Waals surface area contributed by atoms with E-state index in [9.17, 15) is 4.79 Å². The molecule has 0 aliphatic heterocycles. The van der Waals surface area contributed by atoms with Gasteiger partial charge in [0.1, 0.15) is 5.75 Å². The Morgan fingerprint density at radius 3 is 2.46 bits per heavy atom. The second kappa shape index (κ2) is 8.61. The van der Waals surface area contributed by atoms with E-state index in [4.69, 9.17) is 14.2 Å². The van der Waals surface area contributed by atoms with Crippen LogP contribution in [-0.2, 0) is 6.42 Å². The quantitative estimate of drug-likeness (QED) is 0.679. The molecule has 1 N–H and O–H groups in total. The van der Waals surface area contributed by atoms with Crippen molar-refractivity contribution < 1.29 is 19.0 Å². The molecule has 3 aromatic rings. The normalized spacial score (nSPS) is 10.6. The van der Waals surface area contributed by atoms with Crippen molar-refractivity contribution in [1.82, 2.24) is 10.3 Å². The van der Waals surface area contributed by atoms with Gasteiger partial charge in [0.25, 0.3) is 5.91 Å². The lowest BCUT2D eigenvalue weighted by atomic mass is 10.1. The van der Waals surface area contributed by atoms with Crippen LogP contribution in [0, 0.1) is 6.92 Å². The van der Waals surface area contributed by atoms with Crippen LogP contribution in [0.25, 0.3) is 10.9 Å². The summed E-state index contributed by atoms with van der Waals surface area (Å²) in [5.41, 5.74) is 3.14. The van der Waals surface area contributed by atoms with Gasteiger partial charge in [0.15, 0.2) is 11.5 Å². The number of ether oxygens (including phenoxy) is 3. The van der Waals surface area contributed by atoms with Gasteiger partial charge in [-0.05, 0) is 55.3 Å². The first-order valence-electron chi connectivity index (χ1n) is 9.00. The lowest BCUT2D eigenvalue weighted by Crippen LogP contribution is -2.26. The summed E-state index contributed by atoms with van der Waals surface area (Å²) in [6, 6.07) is 13.2. The minimum atomic E-state index is -0.143. The minimum Gasteiger partial charge on any atom is -0.497 e. The fourth-order valence-corrected chi connectivity index (χ4v) is 3.06. The highest BCUT2D eigenvalue weighted by atomic mass is 16.5. The van der Waals surface area contributed by atoms with Crippen LogP contribution >= 0.6 is 0 Å². The lowest BCUT2D eigenvalue weighted by molar-refractivity contribution is 0.0953. The van der Waals surface area contributed by atoms with E-state index in [0.29, 0.717) is 35.7 Å². The van der Waals surface area contributed by atoms with E-state index in [-0.39, 0.29) is 5.91 Å². The highest BCUT2D eigenvalue weighted by Crippen LogP contribution is 2.27. The molecule has 0 aliphatic rings. The summed E-state index contributed by atoms with van der Waals surface area (Å²) in [7, 11) is 4.83. The molecule has 1 heterocycles. The van der Waals surface area contributed by atoms with Crippen molar-refractivity contribution in [2.75, 3.05) is 27.9 Å². The van der Waals surface area contributed by atoms with Crippen LogP contribution in [0.2, 0.25) is 0 Å². The molecule has 0 saturated carbocycles. The Morgan fingerprint density at radius 2 is 1.75 bits per heavy atom. The molecule has 0 radical (unpaired) electrons. The molecule has 146 valence electrons. The van der Waals surface area contributed by atoms with Gasteiger partial charge in [0.2, 0.25) is 0 Å². The monoisotopic (exact) mass is 380 g/mol. The van der Waals surface area contributed by atoms with Crippen LogP contribution in [0.3, 0.4) is 0 Å². The Labute approximate surface area is 164 Å². The highest BCUT2D eigenvalue weighted by molar-refractivity contribution is 5.98. The van der Waals surface area contributed by atoms with Gasteiger partial charge in [0.05, 0.1) is 38.1 Å². The van der Waals surface area contributed by atoms with E-state index in [1.54, 1.807) is 21.3 Å². The van der Waals surface area contributed by atoms with Gasteiger partial charge in [-0.15, -0.1) is 0 Å². The number of carbonyl (C=O) groups excluding carboxylic acids is 1. The molecule has 1 aromatic heterocycles. The number of hydrogen-bond donors (Lipinski definition) is 1. The number of carbonyl (C=O) groups is 1. The van der Waals surface area contributed by atoms with E-state index in [2.05, 4.69) is 10.3 Å². The number of fused-ring (bicyclic) bond motifs is 1. The molecule has 1 amide bonds. The van der Waals surface area contributed by atoms with Crippen molar-refractivity contribution >= 4 is 16.8 Å². The Morgan fingerprint density at radius 1 is 0.964 bits per heavy atom. The zero-order valence-electron chi connectivity index (χ0n) is 16.5.